The Morgan fingerprint density at radius 2 is 1.64 bits per heavy atom. The lowest BCUT2D eigenvalue weighted by Crippen LogP contribution is -2.38. The molecule has 4 rings (SSSR count). The molecule has 2 aliphatic rings. The largest absolute Gasteiger partial charge is 0.317 e. The highest BCUT2D eigenvalue weighted by molar-refractivity contribution is 6.28. The normalized spacial score (nSPS) is 17.9. The number of fused-ring (bicyclic) bond motifs is 1. The van der Waals surface area contributed by atoms with Crippen molar-refractivity contribution in [2.24, 2.45) is 5.92 Å². The fraction of sp³-hybridized carbons (Fsp3) is 0.800. The summed E-state index contributed by atoms with van der Waals surface area (Å²) in [5.41, 5.74) is 5.11. The van der Waals surface area contributed by atoms with Crippen LogP contribution >= 0.6 is 11.6 Å². The molecule has 33 heavy (non-hydrogen) atoms. The molecule has 8 heteroatoms. The van der Waals surface area contributed by atoms with Gasteiger partial charge in [-0.3, -0.25) is 0 Å². The molecule has 0 amide bonds. The van der Waals surface area contributed by atoms with Gasteiger partial charge in [0.2, 0.25) is 5.28 Å². The smallest absolute Gasteiger partial charge is 0.226 e. The van der Waals surface area contributed by atoms with Crippen LogP contribution in [-0.2, 0) is 0 Å². The van der Waals surface area contributed by atoms with E-state index in [0.717, 1.165) is 36.0 Å². The van der Waals surface area contributed by atoms with Crippen molar-refractivity contribution in [3.8, 4) is 0 Å². The fourth-order valence-corrected chi connectivity index (χ4v) is 4.91. The summed E-state index contributed by atoms with van der Waals surface area (Å²) in [6.45, 7) is 11.2. The molecule has 2 aromatic rings. The van der Waals surface area contributed by atoms with E-state index in [4.69, 9.17) is 11.6 Å². The third kappa shape index (κ3) is 7.79. The van der Waals surface area contributed by atoms with Gasteiger partial charge in [0.15, 0.2) is 17.0 Å². The number of aromatic nitrogens is 4. The molecule has 7 nitrogen and oxygen atoms in total. The van der Waals surface area contributed by atoms with Crippen LogP contribution in [0.4, 0.5) is 5.82 Å². The van der Waals surface area contributed by atoms with E-state index in [1.807, 2.05) is 6.33 Å². The number of nitrogens with zero attached hydrogens (tertiary/aromatic N) is 5. The minimum absolute atomic E-state index is 0.285. The molecule has 0 unspecified atom stereocenters. The summed E-state index contributed by atoms with van der Waals surface area (Å²) in [5, 5.41) is 5.91. The first-order valence-electron chi connectivity index (χ1n) is 13.3. The Labute approximate surface area is 205 Å². The van der Waals surface area contributed by atoms with Gasteiger partial charge in [0, 0.05) is 19.1 Å². The summed E-state index contributed by atoms with van der Waals surface area (Å²) in [5.74, 6) is 1.58. The Hall–Kier alpha value is -1.44. The predicted octanol–water partition coefficient (Wildman–Crippen LogP) is 6.22. The van der Waals surface area contributed by atoms with E-state index in [0.29, 0.717) is 6.04 Å². The zero-order chi connectivity index (χ0) is 23.5. The van der Waals surface area contributed by atoms with Crippen molar-refractivity contribution >= 4 is 28.6 Å². The Bertz CT molecular complexity index is 804. The van der Waals surface area contributed by atoms with Crippen molar-refractivity contribution in [1.29, 1.82) is 0 Å². The molecular formula is C25H44ClN7. The van der Waals surface area contributed by atoms with E-state index in [-0.39, 0.29) is 5.28 Å². The number of rotatable bonds is 10. The molecule has 0 aromatic carbocycles. The number of unbranched alkanes of at least 4 members (excludes halogenated alkanes) is 2. The number of hydrazine groups is 1. The van der Waals surface area contributed by atoms with Gasteiger partial charge in [0.1, 0.15) is 0 Å². The number of anilines is 1. The van der Waals surface area contributed by atoms with Gasteiger partial charge in [-0.1, -0.05) is 52.9 Å². The lowest BCUT2D eigenvalue weighted by molar-refractivity contribution is 0.213. The number of halogens is 1. The molecule has 1 saturated carbocycles. The third-order valence-electron chi connectivity index (χ3n) is 6.98. The first-order valence-corrected chi connectivity index (χ1v) is 13.7. The highest BCUT2D eigenvalue weighted by atomic mass is 35.5. The average molecular weight is 478 g/mol. The molecule has 1 aliphatic carbocycles. The first-order chi connectivity index (χ1) is 16.2. The Morgan fingerprint density at radius 3 is 2.24 bits per heavy atom. The molecule has 1 aliphatic heterocycles. The van der Waals surface area contributed by atoms with Gasteiger partial charge >= 0.3 is 0 Å². The lowest BCUT2D eigenvalue weighted by Gasteiger charge is -2.31. The van der Waals surface area contributed by atoms with Crippen molar-refractivity contribution in [3.63, 3.8) is 0 Å². The molecule has 186 valence electrons. The summed E-state index contributed by atoms with van der Waals surface area (Å²) in [4.78, 5) is 13.4. The highest BCUT2D eigenvalue weighted by Gasteiger charge is 2.23. The summed E-state index contributed by atoms with van der Waals surface area (Å²) < 4.78 is 2.18. The number of nitrogens with one attached hydrogen (secondary N) is 2. The van der Waals surface area contributed by atoms with E-state index < -0.39 is 0 Å². The maximum Gasteiger partial charge on any atom is 0.226 e. The summed E-state index contributed by atoms with van der Waals surface area (Å²) in [7, 11) is 0. The maximum atomic E-state index is 6.20. The molecule has 1 saturated heterocycles. The molecular weight excluding hydrogens is 434 g/mol. The lowest BCUT2D eigenvalue weighted by atomic mass is 9.95. The monoisotopic (exact) mass is 477 g/mol. The van der Waals surface area contributed by atoms with E-state index in [9.17, 15) is 0 Å². The number of hydrogen-bond acceptors (Lipinski definition) is 6. The summed E-state index contributed by atoms with van der Waals surface area (Å²) in [6, 6.07) is 0.495. The molecule has 2 N–H and O–H groups in total. The Kier molecular flexibility index (Phi) is 11.2. The number of hydrogen-bond donors (Lipinski definition) is 2. The quantitative estimate of drug-likeness (QED) is 0.312. The molecule has 0 radical (unpaired) electrons. The number of imidazole rings is 1. The van der Waals surface area contributed by atoms with Gasteiger partial charge in [-0.05, 0) is 69.1 Å². The van der Waals surface area contributed by atoms with Gasteiger partial charge < -0.3 is 15.3 Å². The van der Waals surface area contributed by atoms with Crippen LogP contribution in [0.25, 0.3) is 11.2 Å². The second-order valence-corrected chi connectivity index (χ2v) is 9.85. The minimum atomic E-state index is 0.285. The molecule has 0 bridgehead atoms. The Balaban J connectivity index is 0.000000292. The van der Waals surface area contributed by atoms with E-state index in [1.54, 1.807) is 0 Å². The zero-order valence-corrected chi connectivity index (χ0v) is 21.7. The van der Waals surface area contributed by atoms with Crippen LogP contribution in [0.3, 0.4) is 0 Å². The van der Waals surface area contributed by atoms with Crippen molar-refractivity contribution in [3.05, 3.63) is 11.6 Å². The zero-order valence-electron chi connectivity index (χ0n) is 21.0. The van der Waals surface area contributed by atoms with Gasteiger partial charge in [-0.25, -0.2) is 9.99 Å². The van der Waals surface area contributed by atoms with Crippen LogP contribution in [0, 0.1) is 5.92 Å². The van der Waals surface area contributed by atoms with Crippen LogP contribution in [0.2, 0.25) is 5.28 Å². The summed E-state index contributed by atoms with van der Waals surface area (Å²) >= 11 is 6.20. The van der Waals surface area contributed by atoms with Gasteiger partial charge in [0.25, 0.3) is 0 Å². The predicted molar refractivity (Wildman–Crippen MR) is 139 cm³/mol. The van der Waals surface area contributed by atoms with Gasteiger partial charge in [0.05, 0.1) is 6.33 Å². The second kappa shape index (κ2) is 14.1. The first kappa shape index (κ1) is 26.2. The molecule has 0 spiro atoms. The van der Waals surface area contributed by atoms with E-state index >= 15 is 0 Å². The minimum Gasteiger partial charge on any atom is -0.317 e. The summed E-state index contributed by atoms with van der Waals surface area (Å²) in [6.07, 6.45) is 15.8. The van der Waals surface area contributed by atoms with Gasteiger partial charge in [-0.2, -0.15) is 9.97 Å². The Morgan fingerprint density at radius 1 is 0.970 bits per heavy atom. The SMILES string of the molecule is CCC1CCN(Nc2nc(Cl)nc3c2ncn3C2CCCC2)CC1.CCCCNCCCC. The van der Waals surface area contributed by atoms with Crippen LogP contribution in [0.5, 0.6) is 0 Å². The van der Waals surface area contributed by atoms with Crippen molar-refractivity contribution in [2.45, 2.75) is 97.4 Å². The standard InChI is InChI=1S/C17H25ClN6.C8H19N/c1-2-12-7-9-23(10-8-12)22-15-14-16(21-17(18)20-15)24(11-19-14)13-5-3-4-6-13;1-3-5-7-9-8-6-4-2/h11-13H,2-10H2,1H3,(H,20,21,22);9H,3-8H2,1-2H3. The third-order valence-corrected chi connectivity index (χ3v) is 7.15. The average Bonchev–Trinajstić information content (AvgIpc) is 3.50. The molecule has 3 heterocycles. The van der Waals surface area contributed by atoms with Crippen molar-refractivity contribution in [1.82, 2.24) is 29.8 Å². The topological polar surface area (TPSA) is 70.9 Å². The fourth-order valence-electron chi connectivity index (χ4n) is 4.75. The van der Waals surface area contributed by atoms with Crippen LogP contribution in [0.15, 0.2) is 6.33 Å². The van der Waals surface area contributed by atoms with Crippen molar-refractivity contribution < 1.29 is 0 Å². The molecule has 0 atom stereocenters. The van der Waals surface area contributed by atoms with Crippen LogP contribution in [0.1, 0.15) is 97.4 Å². The molecule has 2 aromatic heterocycles. The van der Waals surface area contributed by atoms with Crippen LogP contribution < -0.4 is 10.7 Å². The maximum absolute atomic E-state index is 6.20. The van der Waals surface area contributed by atoms with Crippen LogP contribution in [-0.4, -0.2) is 50.7 Å². The molecule has 2 fully saturated rings. The van der Waals surface area contributed by atoms with E-state index in [2.05, 4.69) is 56.0 Å². The second-order valence-electron chi connectivity index (χ2n) is 9.51. The highest BCUT2D eigenvalue weighted by Crippen LogP contribution is 2.33. The number of piperidine rings is 1. The van der Waals surface area contributed by atoms with Gasteiger partial charge in [-0.15, -0.1) is 0 Å². The van der Waals surface area contributed by atoms with Crippen molar-refractivity contribution in [2.75, 3.05) is 31.6 Å². The van der Waals surface area contributed by atoms with E-state index in [1.165, 1.54) is 83.7 Å².